The summed E-state index contributed by atoms with van der Waals surface area (Å²) in [6, 6.07) is 0.240. The molecule has 0 aromatic carbocycles. The molecule has 112 valence electrons. The number of aliphatic hydroxyl groups is 1. The molecule has 4 heteroatoms. The van der Waals surface area contributed by atoms with Crippen LogP contribution in [0.25, 0.3) is 0 Å². The molecule has 1 amide bonds. The van der Waals surface area contributed by atoms with E-state index in [2.05, 4.69) is 26.1 Å². The SMILES string of the molecule is CC(C)CC(C)OCCC(=O)NC1CCC(O)CC1. The first kappa shape index (κ1) is 16.4. The number of amides is 1. The molecule has 1 aliphatic rings. The van der Waals surface area contributed by atoms with Crippen LogP contribution in [0, 0.1) is 5.92 Å². The Balaban J connectivity index is 2.08. The number of rotatable bonds is 7. The fourth-order valence-corrected chi connectivity index (χ4v) is 2.60. The topological polar surface area (TPSA) is 58.6 Å². The Morgan fingerprint density at radius 1 is 1.26 bits per heavy atom. The molecule has 1 saturated carbocycles. The van der Waals surface area contributed by atoms with Crippen LogP contribution in [-0.4, -0.2) is 35.9 Å². The molecule has 0 aliphatic heterocycles. The molecule has 0 saturated heterocycles. The first-order valence-electron chi connectivity index (χ1n) is 7.56. The summed E-state index contributed by atoms with van der Waals surface area (Å²) in [6.45, 7) is 6.89. The van der Waals surface area contributed by atoms with Gasteiger partial charge >= 0.3 is 0 Å². The number of carbonyl (C=O) groups excluding carboxylic acids is 1. The van der Waals surface area contributed by atoms with Gasteiger partial charge < -0.3 is 15.2 Å². The molecule has 19 heavy (non-hydrogen) atoms. The summed E-state index contributed by atoms with van der Waals surface area (Å²) >= 11 is 0. The minimum atomic E-state index is -0.173. The number of ether oxygens (including phenoxy) is 1. The fraction of sp³-hybridized carbons (Fsp3) is 0.933. The highest BCUT2D eigenvalue weighted by molar-refractivity contribution is 5.76. The predicted molar refractivity (Wildman–Crippen MR) is 75.9 cm³/mol. The zero-order valence-corrected chi connectivity index (χ0v) is 12.5. The molecule has 0 bridgehead atoms. The van der Waals surface area contributed by atoms with E-state index in [0.29, 0.717) is 18.9 Å². The fourth-order valence-electron chi connectivity index (χ4n) is 2.60. The summed E-state index contributed by atoms with van der Waals surface area (Å²) in [4.78, 5) is 11.7. The molecule has 0 heterocycles. The number of aliphatic hydroxyl groups excluding tert-OH is 1. The molecule has 1 aliphatic carbocycles. The van der Waals surface area contributed by atoms with E-state index in [0.717, 1.165) is 32.1 Å². The Hall–Kier alpha value is -0.610. The highest BCUT2D eigenvalue weighted by Crippen LogP contribution is 2.18. The van der Waals surface area contributed by atoms with Gasteiger partial charge in [-0.3, -0.25) is 4.79 Å². The minimum absolute atomic E-state index is 0.0677. The lowest BCUT2D eigenvalue weighted by molar-refractivity contribution is -0.123. The zero-order valence-electron chi connectivity index (χ0n) is 12.5. The van der Waals surface area contributed by atoms with Crippen LogP contribution in [0.5, 0.6) is 0 Å². The van der Waals surface area contributed by atoms with Gasteiger partial charge in [-0.1, -0.05) is 13.8 Å². The second-order valence-corrected chi connectivity index (χ2v) is 6.13. The van der Waals surface area contributed by atoms with Crippen LogP contribution in [0.1, 0.15) is 59.3 Å². The number of carbonyl (C=O) groups is 1. The maximum atomic E-state index is 11.7. The summed E-state index contributed by atoms with van der Waals surface area (Å²) < 4.78 is 5.63. The second-order valence-electron chi connectivity index (χ2n) is 6.13. The van der Waals surface area contributed by atoms with E-state index in [-0.39, 0.29) is 24.2 Å². The maximum Gasteiger partial charge on any atom is 0.222 e. The lowest BCUT2D eigenvalue weighted by Crippen LogP contribution is -2.39. The van der Waals surface area contributed by atoms with Crippen molar-refractivity contribution >= 4 is 5.91 Å². The monoisotopic (exact) mass is 271 g/mol. The van der Waals surface area contributed by atoms with Crippen LogP contribution in [0.3, 0.4) is 0 Å². The molecule has 4 nitrogen and oxygen atoms in total. The standard InChI is InChI=1S/C15H29NO3/c1-11(2)10-12(3)19-9-8-15(18)16-13-4-6-14(17)7-5-13/h11-14,17H,4-10H2,1-3H3,(H,16,18). The van der Waals surface area contributed by atoms with E-state index in [1.165, 1.54) is 0 Å². The Labute approximate surface area is 116 Å². The van der Waals surface area contributed by atoms with Crippen molar-refractivity contribution in [2.24, 2.45) is 5.92 Å². The third-order valence-corrected chi connectivity index (χ3v) is 3.60. The minimum Gasteiger partial charge on any atom is -0.393 e. The normalized spacial score (nSPS) is 25.3. The number of hydrogen-bond acceptors (Lipinski definition) is 3. The van der Waals surface area contributed by atoms with E-state index in [1.807, 2.05) is 0 Å². The third kappa shape index (κ3) is 7.53. The molecule has 1 unspecified atom stereocenters. The van der Waals surface area contributed by atoms with Crippen molar-refractivity contribution in [1.29, 1.82) is 0 Å². The first-order chi connectivity index (χ1) is 8.97. The van der Waals surface area contributed by atoms with E-state index < -0.39 is 0 Å². The van der Waals surface area contributed by atoms with Crippen molar-refractivity contribution in [1.82, 2.24) is 5.32 Å². The largest absolute Gasteiger partial charge is 0.393 e. The zero-order chi connectivity index (χ0) is 14.3. The van der Waals surface area contributed by atoms with Gasteiger partial charge in [0.1, 0.15) is 0 Å². The van der Waals surface area contributed by atoms with Crippen LogP contribution in [0.2, 0.25) is 0 Å². The lowest BCUT2D eigenvalue weighted by atomic mass is 9.93. The molecule has 1 rings (SSSR count). The maximum absolute atomic E-state index is 11.7. The summed E-state index contributed by atoms with van der Waals surface area (Å²) in [5.74, 6) is 0.690. The van der Waals surface area contributed by atoms with Crippen molar-refractivity contribution < 1.29 is 14.6 Å². The average Bonchev–Trinajstić information content (AvgIpc) is 2.31. The molecular weight excluding hydrogens is 242 g/mol. The Morgan fingerprint density at radius 2 is 1.89 bits per heavy atom. The average molecular weight is 271 g/mol. The van der Waals surface area contributed by atoms with Gasteiger partial charge in [0.05, 0.1) is 18.8 Å². The van der Waals surface area contributed by atoms with E-state index >= 15 is 0 Å². The first-order valence-corrected chi connectivity index (χ1v) is 7.56. The van der Waals surface area contributed by atoms with Gasteiger partial charge in [0.25, 0.3) is 0 Å². The molecule has 0 aromatic heterocycles. The Kier molecular flexibility index (Phi) is 7.39. The van der Waals surface area contributed by atoms with Gasteiger partial charge in [-0.2, -0.15) is 0 Å². The summed E-state index contributed by atoms with van der Waals surface area (Å²) in [5, 5.41) is 12.4. The van der Waals surface area contributed by atoms with E-state index in [9.17, 15) is 9.90 Å². The predicted octanol–water partition coefficient (Wildman–Crippen LogP) is 2.25. The molecule has 1 atom stereocenters. The van der Waals surface area contributed by atoms with Crippen LogP contribution < -0.4 is 5.32 Å². The third-order valence-electron chi connectivity index (χ3n) is 3.60. The van der Waals surface area contributed by atoms with Gasteiger partial charge in [0.2, 0.25) is 5.91 Å². The summed E-state index contributed by atoms with van der Waals surface area (Å²) in [7, 11) is 0. The number of nitrogens with one attached hydrogen (secondary N) is 1. The quantitative estimate of drug-likeness (QED) is 0.746. The van der Waals surface area contributed by atoms with Crippen molar-refractivity contribution in [3.8, 4) is 0 Å². The van der Waals surface area contributed by atoms with Gasteiger partial charge in [-0.05, 0) is 44.9 Å². The van der Waals surface area contributed by atoms with Crippen LogP contribution in [0.15, 0.2) is 0 Å². The number of hydrogen-bond donors (Lipinski definition) is 2. The van der Waals surface area contributed by atoms with Gasteiger partial charge in [-0.25, -0.2) is 0 Å². The molecular formula is C15H29NO3. The highest BCUT2D eigenvalue weighted by atomic mass is 16.5. The molecule has 2 N–H and O–H groups in total. The smallest absolute Gasteiger partial charge is 0.222 e. The van der Waals surface area contributed by atoms with Gasteiger partial charge in [-0.15, -0.1) is 0 Å². The summed E-state index contributed by atoms with van der Waals surface area (Å²) in [6.07, 6.45) is 4.88. The van der Waals surface area contributed by atoms with Crippen LogP contribution >= 0.6 is 0 Å². The Morgan fingerprint density at radius 3 is 2.47 bits per heavy atom. The van der Waals surface area contributed by atoms with Gasteiger partial charge in [0.15, 0.2) is 0 Å². The molecule has 0 aromatic rings. The highest BCUT2D eigenvalue weighted by Gasteiger charge is 2.20. The van der Waals surface area contributed by atoms with E-state index in [4.69, 9.17) is 4.74 Å². The molecule has 0 spiro atoms. The summed E-state index contributed by atoms with van der Waals surface area (Å²) in [5.41, 5.74) is 0. The van der Waals surface area contributed by atoms with Crippen molar-refractivity contribution in [2.75, 3.05) is 6.61 Å². The van der Waals surface area contributed by atoms with Gasteiger partial charge in [0, 0.05) is 12.5 Å². The van der Waals surface area contributed by atoms with Crippen molar-refractivity contribution in [2.45, 2.75) is 77.5 Å². The van der Waals surface area contributed by atoms with Crippen LogP contribution in [-0.2, 0) is 9.53 Å². The second kappa shape index (κ2) is 8.54. The lowest BCUT2D eigenvalue weighted by Gasteiger charge is -2.26. The van der Waals surface area contributed by atoms with Crippen molar-refractivity contribution in [3.63, 3.8) is 0 Å². The Bertz CT molecular complexity index is 260. The molecule has 1 fully saturated rings. The molecule has 0 radical (unpaired) electrons. The van der Waals surface area contributed by atoms with Crippen LogP contribution in [0.4, 0.5) is 0 Å². The van der Waals surface area contributed by atoms with E-state index in [1.54, 1.807) is 0 Å². The van der Waals surface area contributed by atoms with Crippen molar-refractivity contribution in [3.05, 3.63) is 0 Å².